The van der Waals surface area contributed by atoms with Gasteiger partial charge in [-0.1, -0.05) is 12.2 Å². The third kappa shape index (κ3) is 2.67. The molecule has 0 heterocycles. The Labute approximate surface area is 98.4 Å². The predicted octanol–water partition coefficient (Wildman–Crippen LogP) is 2.21. The number of rotatable bonds is 7. The Morgan fingerprint density at radius 3 is 2.81 bits per heavy atom. The number of allylic oxidation sites excluding steroid dienone is 2. The summed E-state index contributed by atoms with van der Waals surface area (Å²) in [5.74, 6) is 3.59. The fourth-order valence-corrected chi connectivity index (χ4v) is 3.10. The molecule has 3 aliphatic rings. The van der Waals surface area contributed by atoms with Gasteiger partial charge in [-0.3, -0.25) is 0 Å². The minimum atomic E-state index is 0.880. The Hall–Kier alpha value is -0.340. The van der Waals surface area contributed by atoms with Crippen molar-refractivity contribution in [1.29, 1.82) is 0 Å². The largest absolute Gasteiger partial charge is 0.380 e. The molecule has 0 saturated heterocycles. The highest BCUT2D eigenvalue weighted by Gasteiger charge is 2.34. The Bertz CT molecular complexity index is 259. The van der Waals surface area contributed by atoms with Crippen LogP contribution >= 0.6 is 0 Å². The van der Waals surface area contributed by atoms with Crippen molar-refractivity contribution in [3.63, 3.8) is 0 Å². The molecule has 3 unspecified atom stereocenters. The lowest BCUT2D eigenvalue weighted by Crippen LogP contribution is -2.28. The van der Waals surface area contributed by atoms with Gasteiger partial charge in [-0.15, -0.1) is 0 Å². The monoisotopic (exact) mass is 221 g/mol. The van der Waals surface area contributed by atoms with Gasteiger partial charge in [0.2, 0.25) is 0 Å². The molecule has 2 nitrogen and oxygen atoms in total. The van der Waals surface area contributed by atoms with Crippen molar-refractivity contribution < 1.29 is 4.74 Å². The minimum absolute atomic E-state index is 0.880. The molecule has 3 rings (SSSR count). The van der Waals surface area contributed by atoms with E-state index in [1.54, 1.807) is 0 Å². The fraction of sp³-hybridized carbons (Fsp3) is 0.857. The molecule has 90 valence electrons. The molecule has 0 amide bonds. The van der Waals surface area contributed by atoms with Crippen LogP contribution in [0.25, 0.3) is 0 Å². The lowest BCUT2D eigenvalue weighted by molar-refractivity contribution is 0.125. The molecular weight excluding hydrogens is 198 g/mol. The maximum absolute atomic E-state index is 5.61. The first kappa shape index (κ1) is 10.8. The first-order valence-corrected chi connectivity index (χ1v) is 6.88. The zero-order valence-electron chi connectivity index (χ0n) is 10.0. The van der Waals surface area contributed by atoms with E-state index >= 15 is 0 Å². The zero-order chi connectivity index (χ0) is 10.8. The second-order valence-corrected chi connectivity index (χ2v) is 5.76. The van der Waals surface area contributed by atoms with Gasteiger partial charge in [0, 0.05) is 13.2 Å². The maximum atomic E-state index is 5.61. The standard InChI is InChI=1S/C14H23NO/c1-2-11(1)10-16-6-5-15-9-14-8-12-3-4-13(14)7-12/h3-4,11-15H,1-2,5-10H2. The predicted molar refractivity (Wildman–Crippen MR) is 65.3 cm³/mol. The summed E-state index contributed by atoms with van der Waals surface area (Å²) >= 11 is 0. The summed E-state index contributed by atoms with van der Waals surface area (Å²) in [5, 5.41) is 3.55. The molecule has 2 fully saturated rings. The number of fused-ring (bicyclic) bond motifs is 2. The number of hydrogen-bond donors (Lipinski definition) is 1. The Kier molecular flexibility index (Phi) is 3.30. The van der Waals surface area contributed by atoms with Crippen molar-refractivity contribution in [3.05, 3.63) is 12.2 Å². The van der Waals surface area contributed by atoms with Gasteiger partial charge in [-0.05, 0) is 55.9 Å². The molecule has 2 heteroatoms. The van der Waals surface area contributed by atoms with Crippen molar-refractivity contribution in [1.82, 2.24) is 5.32 Å². The van der Waals surface area contributed by atoms with Crippen LogP contribution in [0.15, 0.2) is 12.2 Å². The molecule has 0 aromatic rings. The van der Waals surface area contributed by atoms with Gasteiger partial charge in [-0.25, -0.2) is 0 Å². The topological polar surface area (TPSA) is 21.3 Å². The Morgan fingerprint density at radius 1 is 1.19 bits per heavy atom. The quantitative estimate of drug-likeness (QED) is 0.526. The summed E-state index contributed by atoms with van der Waals surface area (Å²) in [6.45, 7) is 4.12. The summed E-state index contributed by atoms with van der Waals surface area (Å²) in [6, 6.07) is 0. The van der Waals surface area contributed by atoms with E-state index in [-0.39, 0.29) is 0 Å². The highest BCUT2D eigenvalue weighted by Crippen LogP contribution is 2.42. The summed E-state index contributed by atoms with van der Waals surface area (Å²) in [4.78, 5) is 0. The lowest BCUT2D eigenvalue weighted by Gasteiger charge is -2.18. The van der Waals surface area contributed by atoms with Crippen molar-refractivity contribution in [2.45, 2.75) is 25.7 Å². The molecule has 0 aromatic heterocycles. The van der Waals surface area contributed by atoms with E-state index < -0.39 is 0 Å². The summed E-state index contributed by atoms with van der Waals surface area (Å²) in [5.41, 5.74) is 0. The van der Waals surface area contributed by atoms with Crippen molar-refractivity contribution >= 4 is 0 Å². The van der Waals surface area contributed by atoms with Gasteiger partial charge < -0.3 is 10.1 Å². The molecule has 0 spiro atoms. The van der Waals surface area contributed by atoms with Crippen LogP contribution in [0.2, 0.25) is 0 Å². The molecule has 2 saturated carbocycles. The summed E-state index contributed by atoms with van der Waals surface area (Å²) < 4.78 is 5.61. The SMILES string of the molecule is C1=CC2CC1CC2CNCCOCC1CC1. The molecule has 3 aliphatic carbocycles. The average molecular weight is 221 g/mol. The third-order valence-corrected chi connectivity index (χ3v) is 4.30. The molecule has 2 bridgehead atoms. The lowest BCUT2D eigenvalue weighted by atomic mass is 9.94. The molecule has 0 aromatic carbocycles. The third-order valence-electron chi connectivity index (χ3n) is 4.30. The molecule has 3 atom stereocenters. The maximum Gasteiger partial charge on any atom is 0.0591 e. The van der Waals surface area contributed by atoms with Gasteiger partial charge in [0.1, 0.15) is 0 Å². The van der Waals surface area contributed by atoms with Crippen LogP contribution in [0.5, 0.6) is 0 Å². The highest BCUT2D eigenvalue weighted by atomic mass is 16.5. The highest BCUT2D eigenvalue weighted by molar-refractivity contribution is 5.10. The Morgan fingerprint density at radius 2 is 2.12 bits per heavy atom. The molecule has 0 radical (unpaired) electrons. The Balaban J connectivity index is 1.22. The smallest absolute Gasteiger partial charge is 0.0591 e. The van der Waals surface area contributed by atoms with Crippen molar-refractivity contribution in [2.24, 2.45) is 23.7 Å². The molecule has 1 N–H and O–H groups in total. The number of nitrogens with one attached hydrogen (secondary N) is 1. The van der Waals surface area contributed by atoms with Crippen LogP contribution in [0.4, 0.5) is 0 Å². The van der Waals surface area contributed by atoms with Crippen LogP contribution in [0.1, 0.15) is 25.7 Å². The van der Waals surface area contributed by atoms with Crippen LogP contribution in [0, 0.1) is 23.7 Å². The van der Waals surface area contributed by atoms with Crippen molar-refractivity contribution in [2.75, 3.05) is 26.3 Å². The van der Waals surface area contributed by atoms with E-state index in [1.807, 2.05) is 0 Å². The second kappa shape index (κ2) is 4.89. The number of hydrogen-bond acceptors (Lipinski definition) is 2. The van der Waals surface area contributed by atoms with Gasteiger partial charge in [0.05, 0.1) is 6.61 Å². The molecule has 0 aliphatic heterocycles. The first-order valence-electron chi connectivity index (χ1n) is 6.88. The first-order chi connectivity index (χ1) is 7.92. The van der Waals surface area contributed by atoms with E-state index in [0.717, 1.165) is 43.4 Å². The second-order valence-electron chi connectivity index (χ2n) is 5.76. The average Bonchev–Trinajstić information content (AvgIpc) is 2.88. The fourth-order valence-electron chi connectivity index (χ4n) is 3.10. The molecular formula is C14H23NO. The van der Waals surface area contributed by atoms with Crippen LogP contribution in [-0.4, -0.2) is 26.3 Å². The van der Waals surface area contributed by atoms with E-state index in [4.69, 9.17) is 4.74 Å². The van der Waals surface area contributed by atoms with Gasteiger partial charge >= 0.3 is 0 Å². The summed E-state index contributed by atoms with van der Waals surface area (Å²) in [7, 11) is 0. The zero-order valence-corrected chi connectivity index (χ0v) is 10.0. The van der Waals surface area contributed by atoms with E-state index in [2.05, 4.69) is 17.5 Å². The van der Waals surface area contributed by atoms with Crippen LogP contribution in [-0.2, 0) is 4.74 Å². The van der Waals surface area contributed by atoms with Crippen molar-refractivity contribution in [3.8, 4) is 0 Å². The van der Waals surface area contributed by atoms with Gasteiger partial charge in [0.25, 0.3) is 0 Å². The van der Waals surface area contributed by atoms with Crippen LogP contribution in [0.3, 0.4) is 0 Å². The van der Waals surface area contributed by atoms with E-state index in [9.17, 15) is 0 Å². The van der Waals surface area contributed by atoms with Gasteiger partial charge in [0.15, 0.2) is 0 Å². The molecule has 16 heavy (non-hydrogen) atoms. The summed E-state index contributed by atoms with van der Waals surface area (Å²) in [6.07, 6.45) is 10.5. The van der Waals surface area contributed by atoms with E-state index in [1.165, 1.54) is 32.2 Å². The van der Waals surface area contributed by atoms with Crippen LogP contribution < -0.4 is 5.32 Å². The normalized spacial score (nSPS) is 36.1. The minimum Gasteiger partial charge on any atom is -0.380 e. The number of ether oxygens (including phenoxy) is 1. The van der Waals surface area contributed by atoms with Gasteiger partial charge in [-0.2, -0.15) is 0 Å². The van der Waals surface area contributed by atoms with E-state index in [0.29, 0.717) is 0 Å².